The van der Waals surface area contributed by atoms with Gasteiger partial charge < -0.3 is 43.0 Å². The molecule has 50 heavy (non-hydrogen) atoms. The summed E-state index contributed by atoms with van der Waals surface area (Å²) in [4.78, 5) is 133. The van der Waals surface area contributed by atoms with Crippen molar-refractivity contribution in [1.82, 2.24) is 9.80 Å². The van der Waals surface area contributed by atoms with Gasteiger partial charge in [-0.25, -0.2) is 4.79 Å². The highest BCUT2D eigenvalue weighted by atomic mass is 16.6. The normalized spacial score (nSPS) is 21.1. The van der Waals surface area contributed by atoms with Crippen molar-refractivity contribution in [2.24, 2.45) is 34.8 Å². The molecule has 3 aliphatic rings. The molecule has 0 aliphatic carbocycles. The van der Waals surface area contributed by atoms with Gasteiger partial charge in [-0.2, -0.15) is 0 Å². The summed E-state index contributed by atoms with van der Waals surface area (Å²) in [5, 5.41) is 8.28. The Morgan fingerprint density at radius 2 is 1.22 bits per heavy atom. The molecule has 0 radical (unpaired) electrons. The number of nitrogens with two attached hydrogens (primary N) is 4. The van der Waals surface area contributed by atoms with E-state index in [1.165, 1.54) is 27.7 Å². The molecule has 11 N–H and O–H groups in total. The molecule has 6 atom stereocenters. The van der Waals surface area contributed by atoms with E-state index in [1.807, 2.05) is 0 Å². The highest BCUT2D eigenvalue weighted by Crippen LogP contribution is 2.28. The van der Waals surface area contributed by atoms with Gasteiger partial charge in [0.05, 0.1) is 37.3 Å². The van der Waals surface area contributed by atoms with Crippen molar-refractivity contribution in [1.29, 1.82) is 0 Å². The van der Waals surface area contributed by atoms with Crippen molar-refractivity contribution in [2.75, 3.05) is 0 Å². The number of amides is 6. The first-order valence-corrected chi connectivity index (χ1v) is 14.7. The standard InChI is InChI=1S/C12H11N3O7.C6H11NO2.C6H10O3.C5H10N2O2.H2O/c13-4-1-7(16)14(10(4)19)5-2-8(17)15(11(5)20)6-3-9(18)22-12(6)21;1-4(5(2)8)3-6(7)9;1-4(6(8)9)3-5(2)7;1-3(8)4(6)2-5(7)9;/h4-6H,1-3,13H2;4H,3H2,1-2H3,(H2,7,9);4H,3H2,1-2H3,(H,8,9);4H,2,6H2,1H3,(H2,7,9);1H2. The van der Waals surface area contributed by atoms with E-state index in [4.69, 9.17) is 28.0 Å². The van der Waals surface area contributed by atoms with Gasteiger partial charge in [0.1, 0.15) is 29.4 Å². The second kappa shape index (κ2) is 20.9. The number of carbonyl (C=O) groups is 12. The van der Waals surface area contributed by atoms with E-state index < -0.39 is 96.3 Å². The van der Waals surface area contributed by atoms with Crippen LogP contribution in [0.25, 0.3) is 0 Å². The van der Waals surface area contributed by atoms with Gasteiger partial charge in [-0.05, 0) is 20.8 Å². The summed E-state index contributed by atoms with van der Waals surface area (Å²) in [6.07, 6.45) is -0.855. The Bertz CT molecular complexity index is 1320. The lowest BCUT2D eigenvalue weighted by Crippen LogP contribution is -2.49. The van der Waals surface area contributed by atoms with Crippen LogP contribution < -0.4 is 22.9 Å². The highest BCUT2D eigenvalue weighted by molar-refractivity contribution is 6.15. The average Bonchev–Trinajstić information content (AvgIpc) is 3.52. The molecule has 21 heteroatoms. The van der Waals surface area contributed by atoms with Crippen molar-refractivity contribution in [3.8, 4) is 0 Å². The van der Waals surface area contributed by atoms with Crippen molar-refractivity contribution in [2.45, 2.75) is 97.3 Å². The Balaban J connectivity index is 0. The van der Waals surface area contributed by atoms with Crippen LogP contribution in [0.1, 0.15) is 73.1 Å². The zero-order chi connectivity index (χ0) is 38.5. The largest absolute Gasteiger partial charge is 0.481 e. The van der Waals surface area contributed by atoms with E-state index in [0.717, 1.165) is 0 Å². The van der Waals surface area contributed by atoms with Crippen molar-refractivity contribution < 1.29 is 72.9 Å². The Labute approximate surface area is 285 Å². The third-order valence-corrected chi connectivity index (χ3v) is 7.01. The van der Waals surface area contributed by atoms with Crippen molar-refractivity contribution >= 4 is 70.7 Å². The van der Waals surface area contributed by atoms with Gasteiger partial charge in [0.25, 0.3) is 5.91 Å². The number of likely N-dealkylation sites (tertiary alicyclic amines) is 2. The number of hydrogen-bond acceptors (Lipinski definition) is 15. The van der Waals surface area contributed by atoms with E-state index in [2.05, 4.69) is 4.74 Å². The van der Waals surface area contributed by atoms with Crippen LogP contribution in [0.5, 0.6) is 0 Å². The van der Waals surface area contributed by atoms with Crippen LogP contribution in [0.3, 0.4) is 0 Å². The lowest BCUT2D eigenvalue weighted by molar-refractivity contribution is -0.157. The number of rotatable bonds is 11. The van der Waals surface area contributed by atoms with Gasteiger partial charge in [-0.3, -0.25) is 57.7 Å². The number of carbonyl (C=O) groups excluding carboxylic acids is 11. The summed E-state index contributed by atoms with van der Waals surface area (Å²) >= 11 is 0. The van der Waals surface area contributed by atoms with Crippen LogP contribution in [-0.4, -0.2) is 115 Å². The molecule has 0 aromatic heterocycles. The lowest BCUT2D eigenvalue weighted by atomic mass is 10.0. The molecule has 0 bridgehead atoms. The molecule has 0 spiro atoms. The maximum atomic E-state index is 12.3. The Morgan fingerprint density at radius 3 is 1.50 bits per heavy atom. The number of carboxylic acids is 1. The van der Waals surface area contributed by atoms with Gasteiger partial charge >= 0.3 is 17.9 Å². The van der Waals surface area contributed by atoms with Gasteiger partial charge in [-0.15, -0.1) is 0 Å². The average molecular weight is 717 g/mol. The third-order valence-electron chi connectivity index (χ3n) is 7.01. The molecule has 3 saturated heterocycles. The summed E-state index contributed by atoms with van der Waals surface area (Å²) < 4.78 is 4.31. The van der Waals surface area contributed by atoms with Crippen LogP contribution in [0, 0.1) is 11.8 Å². The van der Waals surface area contributed by atoms with Gasteiger partial charge in [0.2, 0.25) is 29.5 Å². The second-order valence-electron chi connectivity index (χ2n) is 11.5. The number of cyclic esters (lactones) is 2. The number of primary amides is 2. The minimum Gasteiger partial charge on any atom is -0.481 e. The summed E-state index contributed by atoms with van der Waals surface area (Å²) in [7, 11) is 0. The number of esters is 2. The second-order valence-corrected chi connectivity index (χ2v) is 11.5. The van der Waals surface area contributed by atoms with Crippen LogP contribution >= 0.6 is 0 Å². The molecule has 0 saturated carbocycles. The first-order valence-electron chi connectivity index (χ1n) is 14.7. The molecule has 3 fully saturated rings. The van der Waals surface area contributed by atoms with E-state index in [-0.39, 0.29) is 54.4 Å². The maximum absolute atomic E-state index is 12.3. The molecule has 3 aliphatic heterocycles. The van der Waals surface area contributed by atoms with Crippen LogP contribution in [-0.2, 0) is 62.3 Å². The number of ketones is 3. The van der Waals surface area contributed by atoms with Gasteiger partial charge in [0, 0.05) is 25.2 Å². The fraction of sp³-hybridized carbons (Fsp3) is 0.586. The number of imide groups is 2. The number of nitrogens with zero attached hydrogens (tertiary/aromatic N) is 2. The van der Waals surface area contributed by atoms with Crippen LogP contribution in [0.2, 0.25) is 0 Å². The fourth-order valence-electron chi connectivity index (χ4n) is 4.15. The highest BCUT2D eigenvalue weighted by Gasteiger charge is 2.54. The molecule has 3 rings (SSSR count). The Hall–Kier alpha value is -5.28. The first-order chi connectivity index (χ1) is 22.4. The number of ether oxygens (including phenoxy) is 1. The van der Waals surface area contributed by atoms with Crippen LogP contribution in [0.4, 0.5) is 0 Å². The topological polar surface area (TPSA) is 376 Å². The predicted octanol–water partition coefficient (Wildman–Crippen LogP) is -4.23. The molecule has 6 amide bonds. The Kier molecular flexibility index (Phi) is 19.6. The molecule has 280 valence electrons. The summed E-state index contributed by atoms with van der Waals surface area (Å²) in [6.45, 7) is 7.37. The van der Waals surface area contributed by atoms with Gasteiger partial charge in [0.15, 0.2) is 0 Å². The minimum absolute atomic E-state index is 0. The zero-order valence-electron chi connectivity index (χ0n) is 28.2. The lowest BCUT2D eigenvalue weighted by Gasteiger charge is -2.22. The predicted molar refractivity (Wildman–Crippen MR) is 166 cm³/mol. The van der Waals surface area contributed by atoms with E-state index >= 15 is 0 Å². The molecule has 21 nitrogen and oxygen atoms in total. The monoisotopic (exact) mass is 716 g/mol. The van der Waals surface area contributed by atoms with Crippen LogP contribution in [0.15, 0.2) is 0 Å². The van der Waals surface area contributed by atoms with E-state index in [0.29, 0.717) is 9.80 Å². The molecule has 6 unspecified atom stereocenters. The summed E-state index contributed by atoms with van der Waals surface area (Å²) in [6, 6.07) is -4.41. The smallest absolute Gasteiger partial charge is 0.337 e. The number of aliphatic carboxylic acids is 1. The number of hydrogen-bond donors (Lipinski definition) is 5. The fourth-order valence-corrected chi connectivity index (χ4v) is 4.15. The van der Waals surface area contributed by atoms with Crippen molar-refractivity contribution in [3.63, 3.8) is 0 Å². The molecule has 0 aromatic rings. The molecular formula is C29H44N6O15. The zero-order valence-corrected chi connectivity index (χ0v) is 28.2. The SMILES string of the molecule is CC(=O)C(C)CC(N)=O.CC(=O)C(N)CC(N)=O.CC(=O)CC(C)C(=O)O.NC1CC(=O)N(C2CC(=O)N(C3CC(=O)OC3=O)C2=O)C1=O.O. The maximum Gasteiger partial charge on any atom is 0.337 e. The number of Topliss-reactive ketones (excluding diaryl/α,β-unsaturated/α-hetero) is 3. The van der Waals surface area contributed by atoms with Crippen molar-refractivity contribution in [3.05, 3.63) is 0 Å². The summed E-state index contributed by atoms with van der Waals surface area (Å²) in [5.74, 6) is -7.75. The quantitative estimate of drug-likeness (QED) is 0.0768. The Morgan fingerprint density at radius 1 is 0.740 bits per heavy atom. The first kappa shape index (κ1) is 46.8. The molecular weight excluding hydrogens is 672 g/mol. The van der Waals surface area contributed by atoms with Gasteiger partial charge in [-0.1, -0.05) is 13.8 Å². The third kappa shape index (κ3) is 14.9. The molecule has 0 aromatic carbocycles. The summed E-state index contributed by atoms with van der Waals surface area (Å²) in [5.41, 5.74) is 20.2. The van der Waals surface area contributed by atoms with E-state index in [1.54, 1.807) is 6.92 Å². The molecule has 3 heterocycles. The number of carboxylic acid groups (broad SMARTS) is 1. The van der Waals surface area contributed by atoms with E-state index in [9.17, 15) is 57.5 Å². The minimum atomic E-state index is -1.33.